The zero-order valence-corrected chi connectivity index (χ0v) is 10.1. The van der Waals surface area contributed by atoms with E-state index in [0.717, 1.165) is 19.3 Å². The summed E-state index contributed by atoms with van der Waals surface area (Å²) in [6.07, 6.45) is 3.50. The van der Waals surface area contributed by atoms with Crippen molar-refractivity contribution in [3.05, 3.63) is 0 Å². The Morgan fingerprint density at radius 2 is 2.31 bits per heavy atom. The number of hydrogen-bond acceptors (Lipinski definition) is 4. The van der Waals surface area contributed by atoms with E-state index in [0.29, 0.717) is 19.6 Å². The summed E-state index contributed by atoms with van der Waals surface area (Å²) < 4.78 is 10.6. The van der Waals surface area contributed by atoms with Gasteiger partial charge in [0.2, 0.25) is 5.91 Å². The van der Waals surface area contributed by atoms with Crippen LogP contribution < -0.4 is 11.1 Å². The first-order valence-corrected chi connectivity index (χ1v) is 5.74. The van der Waals surface area contributed by atoms with Gasteiger partial charge in [-0.15, -0.1) is 0 Å². The molecule has 1 saturated carbocycles. The lowest BCUT2D eigenvalue weighted by Gasteiger charge is -2.38. The van der Waals surface area contributed by atoms with E-state index in [1.165, 1.54) is 0 Å². The van der Waals surface area contributed by atoms with E-state index < -0.39 is 5.54 Å². The van der Waals surface area contributed by atoms with E-state index in [-0.39, 0.29) is 12.0 Å². The standard InChI is InChI=1S/C11H22N2O3/c1-13-11(10(12)14)5-3-4-9(8-11)16-7-6-15-2/h9,13H,3-8H2,1-2H3,(H2,12,14). The molecule has 2 atom stereocenters. The predicted molar refractivity (Wildman–Crippen MR) is 61.1 cm³/mol. The van der Waals surface area contributed by atoms with Crippen LogP contribution in [0.5, 0.6) is 0 Å². The fourth-order valence-electron chi connectivity index (χ4n) is 2.24. The van der Waals surface area contributed by atoms with Crippen LogP contribution in [0.25, 0.3) is 0 Å². The topological polar surface area (TPSA) is 73.6 Å². The highest BCUT2D eigenvalue weighted by atomic mass is 16.5. The van der Waals surface area contributed by atoms with Gasteiger partial charge < -0.3 is 20.5 Å². The number of carbonyl (C=O) groups is 1. The fourth-order valence-corrected chi connectivity index (χ4v) is 2.24. The molecule has 1 fully saturated rings. The molecule has 2 unspecified atom stereocenters. The molecule has 0 bridgehead atoms. The molecule has 0 heterocycles. The summed E-state index contributed by atoms with van der Waals surface area (Å²) in [5.41, 5.74) is 4.86. The van der Waals surface area contributed by atoms with Crippen molar-refractivity contribution in [1.82, 2.24) is 5.32 Å². The van der Waals surface area contributed by atoms with Crippen LogP contribution in [0.2, 0.25) is 0 Å². The van der Waals surface area contributed by atoms with Crippen molar-refractivity contribution in [2.75, 3.05) is 27.4 Å². The molecule has 0 aromatic rings. The first-order valence-electron chi connectivity index (χ1n) is 5.74. The Morgan fingerprint density at radius 3 is 2.88 bits per heavy atom. The normalized spacial score (nSPS) is 30.2. The van der Waals surface area contributed by atoms with Crippen LogP contribution in [0.3, 0.4) is 0 Å². The summed E-state index contributed by atoms with van der Waals surface area (Å²) in [6, 6.07) is 0. The Bertz CT molecular complexity index is 235. The highest BCUT2D eigenvalue weighted by Crippen LogP contribution is 2.29. The first-order chi connectivity index (χ1) is 7.64. The van der Waals surface area contributed by atoms with Crippen LogP contribution in [0.1, 0.15) is 25.7 Å². The van der Waals surface area contributed by atoms with Gasteiger partial charge >= 0.3 is 0 Å². The summed E-state index contributed by atoms with van der Waals surface area (Å²) in [5, 5.41) is 3.05. The van der Waals surface area contributed by atoms with E-state index in [1.807, 2.05) is 0 Å². The van der Waals surface area contributed by atoms with Crippen molar-refractivity contribution in [2.24, 2.45) is 5.73 Å². The second kappa shape index (κ2) is 6.18. The van der Waals surface area contributed by atoms with Crippen molar-refractivity contribution >= 4 is 5.91 Å². The zero-order chi connectivity index (χ0) is 12.0. The second-order valence-corrected chi connectivity index (χ2v) is 4.28. The van der Waals surface area contributed by atoms with Gasteiger partial charge in [-0.05, 0) is 26.3 Å². The number of carbonyl (C=O) groups excluding carboxylic acids is 1. The number of likely N-dealkylation sites (N-methyl/N-ethyl adjacent to an activating group) is 1. The van der Waals surface area contributed by atoms with Crippen LogP contribution in [-0.4, -0.2) is 44.9 Å². The van der Waals surface area contributed by atoms with E-state index in [4.69, 9.17) is 15.2 Å². The molecule has 94 valence electrons. The number of amides is 1. The van der Waals surface area contributed by atoms with Crippen molar-refractivity contribution in [1.29, 1.82) is 0 Å². The minimum Gasteiger partial charge on any atom is -0.382 e. The van der Waals surface area contributed by atoms with Crippen LogP contribution in [-0.2, 0) is 14.3 Å². The van der Waals surface area contributed by atoms with Crippen LogP contribution >= 0.6 is 0 Å². The van der Waals surface area contributed by atoms with Gasteiger partial charge in [-0.3, -0.25) is 4.79 Å². The average molecular weight is 230 g/mol. The summed E-state index contributed by atoms with van der Waals surface area (Å²) in [4.78, 5) is 11.5. The molecule has 1 rings (SSSR count). The van der Waals surface area contributed by atoms with Gasteiger partial charge in [0.05, 0.1) is 24.9 Å². The molecular weight excluding hydrogens is 208 g/mol. The van der Waals surface area contributed by atoms with Gasteiger partial charge in [-0.25, -0.2) is 0 Å². The van der Waals surface area contributed by atoms with Gasteiger partial charge in [0, 0.05) is 13.5 Å². The van der Waals surface area contributed by atoms with Crippen molar-refractivity contribution < 1.29 is 14.3 Å². The Labute approximate surface area is 96.7 Å². The monoisotopic (exact) mass is 230 g/mol. The lowest BCUT2D eigenvalue weighted by atomic mass is 9.79. The molecule has 1 aliphatic rings. The molecule has 0 aromatic heterocycles. The SMILES string of the molecule is CNC1(C(N)=O)CCCC(OCCOC)C1. The maximum atomic E-state index is 11.5. The first kappa shape index (κ1) is 13.4. The third-order valence-corrected chi connectivity index (χ3v) is 3.30. The predicted octanol–water partition coefficient (Wildman–Crippen LogP) is 0.0355. The summed E-state index contributed by atoms with van der Waals surface area (Å²) in [5.74, 6) is -0.282. The molecule has 5 heteroatoms. The van der Waals surface area contributed by atoms with Crippen molar-refractivity contribution in [2.45, 2.75) is 37.3 Å². The number of hydrogen-bond donors (Lipinski definition) is 2. The second-order valence-electron chi connectivity index (χ2n) is 4.28. The average Bonchev–Trinajstić information content (AvgIpc) is 2.29. The summed E-state index contributed by atoms with van der Waals surface area (Å²) in [7, 11) is 3.42. The van der Waals surface area contributed by atoms with Gasteiger partial charge in [0.25, 0.3) is 0 Å². The van der Waals surface area contributed by atoms with E-state index in [1.54, 1.807) is 14.2 Å². The molecule has 1 amide bonds. The quantitative estimate of drug-likeness (QED) is 0.632. The number of rotatable bonds is 6. The molecular formula is C11H22N2O3. The molecule has 5 nitrogen and oxygen atoms in total. The lowest BCUT2D eigenvalue weighted by Crippen LogP contribution is -2.57. The van der Waals surface area contributed by atoms with E-state index >= 15 is 0 Å². The van der Waals surface area contributed by atoms with Crippen molar-refractivity contribution in [3.8, 4) is 0 Å². The smallest absolute Gasteiger partial charge is 0.237 e. The van der Waals surface area contributed by atoms with Gasteiger partial charge in [-0.1, -0.05) is 0 Å². The number of ether oxygens (including phenoxy) is 2. The molecule has 16 heavy (non-hydrogen) atoms. The fraction of sp³-hybridized carbons (Fsp3) is 0.909. The molecule has 0 saturated heterocycles. The van der Waals surface area contributed by atoms with Crippen LogP contribution in [0.4, 0.5) is 0 Å². The lowest BCUT2D eigenvalue weighted by molar-refractivity contribution is -0.128. The highest BCUT2D eigenvalue weighted by molar-refractivity contribution is 5.84. The largest absolute Gasteiger partial charge is 0.382 e. The number of methoxy groups -OCH3 is 1. The van der Waals surface area contributed by atoms with Crippen molar-refractivity contribution in [3.63, 3.8) is 0 Å². The minimum absolute atomic E-state index is 0.101. The van der Waals surface area contributed by atoms with Crippen LogP contribution in [0.15, 0.2) is 0 Å². The van der Waals surface area contributed by atoms with Gasteiger partial charge in [-0.2, -0.15) is 0 Å². The highest BCUT2D eigenvalue weighted by Gasteiger charge is 2.40. The number of primary amides is 1. The van der Waals surface area contributed by atoms with E-state index in [9.17, 15) is 4.79 Å². The molecule has 3 N–H and O–H groups in total. The van der Waals surface area contributed by atoms with Gasteiger partial charge in [0.15, 0.2) is 0 Å². The third kappa shape index (κ3) is 3.17. The molecule has 0 aromatic carbocycles. The molecule has 0 aliphatic heterocycles. The Morgan fingerprint density at radius 1 is 1.56 bits per heavy atom. The maximum absolute atomic E-state index is 11.5. The summed E-state index contributed by atoms with van der Waals surface area (Å²) in [6.45, 7) is 1.15. The number of nitrogens with two attached hydrogens (primary N) is 1. The minimum atomic E-state index is -0.587. The Hall–Kier alpha value is -0.650. The zero-order valence-electron chi connectivity index (χ0n) is 10.1. The molecule has 0 spiro atoms. The van der Waals surface area contributed by atoms with Crippen LogP contribution in [0, 0.1) is 0 Å². The maximum Gasteiger partial charge on any atom is 0.237 e. The third-order valence-electron chi connectivity index (χ3n) is 3.30. The summed E-state index contributed by atoms with van der Waals surface area (Å²) >= 11 is 0. The molecule has 1 aliphatic carbocycles. The Kier molecular flexibility index (Phi) is 5.18. The van der Waals surface area contributed by atoms with Gasteiger partial charge in [0.1, 0.15) is 0 Å². The van der Waals surface area contributed by atoms with E-state index in [2.05, 4.69) is 5.32 Å². The molecule has 0 radical (unpaired) electrons. The Balaban J connectivity index is 2.48. The number of nitrogens with one attached hydrogen (secondary N) is 1.